The van der Waals surface area contributed by atoms with Gasteiger partial charge in [0, 0.05) is 5.56 Å². The number of rotatable bonds is 1. The van der Waals surface area contributed by atoms with Crippen LogP contribution in [0.4, 0.5) is 10.5 Å². The minimum atomic E-state index is -0.430. The molecule has 0 fully saturated rings. The molecule has 4 heteroatoms. The van der Waals surface area contributed by atoms with Crippen LogP contribution in [0.2, 0.25) is 0 Å². The van der Waals surface area contributed by atoms with E-state index in [-0.39, 0.29) is 6.03 Å². The summed E-state index contributed by atoms with van der Waals surface area (Å²) >= 11 is 0. The number of benzene rings is 1. The lowest BCUT2D eigenvalue weighted by atomic mass is 9.89. The maximum Gasteiger partial charge on any atom is 0.346 e. The molecule has 2 amide bonds. The molecule has 0 unspecified atom stereocenters. The number of hydroxylamine groups is 1. The van der Waals surface area contributed by atoms with Crippen molar-refractivity contribution in [1.29, 1.82) is 0 Å². The number of hydrogen-bond acceptors (Lipinski definition) is 2. The average Bonchev–Trinajstić information content (AvgIpc) is 2.34. The number of nitrogens with one attached hydrogen (secondary N) is 1. The monoisotopic (exact) mass is 288 g/mol. The lowest BCUT2D eigenvalue weighted by molar-refractivity contribution is -0.0521. The van der Waals surface area contributed by atoms with Gasteiger partial charge in [-0.3, -0.25) is 9.74 Å². The number of para-hydroxylation sites is 1. The fourth-order valence-electron chi connectivity index (χ4n) is 2.60. The van der Waals surface area contributed by atoms with E-state index in [0.717, 1.165) is 11.3 Å². The lowest BCUT2D eigenvalue weighted by Crippen LogP contribution is -2.54. The molecule has 0 saturated heterocycles. The number of allylic oxidation sites excluding steroid dienone is 1. The molecule has 21 heavy (non-hydrogen) atoms. The van der Waals surface area contributed by atoms with Crippen LogP contribution in [-0.4, -0.2) is 17.2 Å². The Balaban J connectivity index is 2.35. The lowest BCUT2D eigenvalue weighted by Gasteiger charge is -2.41. The van der Waals surface area contributed by atoms with Gasteiger partial charge in [0.25, 0.3) is 0 Å². The molecule has 1 aromatic carbocycles. The molecule has 0 spiro atoms. The van der Waals surface area contributed by atoms with Crippen molar-refractivity contribution in [2.24, 2.45) is 0 Å². The smallest absolute Gasteiger partial charge is 0.283 e. The second-order valence-electron chi connectivity index (χ2n) is 6.96. The van der Waals surface area contributed by atoms with Crippen LogP contribution < -0.4 is 10.4 Å². The molecule has 0 aliphatic carbocycles. The minimum Gasteiger partial charge on any atom is -0.283 e. The van der Waals surface area contributed by atoms with E-state index >= 15 is 0 Å². The van der Waals surface area contributed by atoms with E-state index in [9.17, 15) is 4.79 Å². The van der Waals surface area contributed by atoms with Crippen molar-refractivity contribution in [3.63, 3.8) is 0 Å². The van der Waals surface area contributed by atoms with Crippen LogP contribution in [0.25, 0.3) is 5.57 Å². The Morgan fingerprint density at radius 1 is 1.24 bits per heavy atom. The van der Waals surface area contributed by atoms with Crippen molar-refractivity contribution in [2.45, 2.75) is 52.7 Å². The van der Waals surface area contributed by atoms with E-state index in [0.29, 0.717) is 0 Å². The summed E-state index contributed by atoms with van der Waals surface area (Å²) in [5.41, 5.74) is 4.87. The van der Waals surface area contributed by atoms with Crippen molar-refractivity contribution in [1.82, 2.24) is 5.48 Å². The molecule has 2 rings (SSSR count). The number of amides is 2. The Hall–Kier alpha value is -1.81. The second-order valence-corrected chi connectivity index (χ2v) is 6.96. The second kappa shape index (κ2) is 5.19. The summed E-state index contributed by atoms with van der Waals surface area (Å²) in [5, 5.41) is 0. The largest absolute Gasteiger partial charge is 0.346 e. The van der Waals surface area contributed by atoms with Crippen molar-refractivity contribution >= 4 is 17.3 Å². The third-order valence-electron chi connectivity index (χ3n) is 3.36. The summed E-state index contributed by atoms with van der Waals surface area (Å²) in [5.74, 6) is 0. The van der Waals surface area contributed by atoms with E-state index in [2.05, 4.69) is 18.5 Å². The van der Waals surface area contributed by atoms with E-state index in [1.54, 1.807) is 4.90 Å². The number of carbonyl (C=O) groups excluding carboxylic acids is 1. The average molecular weight is 288 g/mol. The molecule has 0 bridgehead atoms. The highest BCUT2D eigenvalue weighted by Gasteiger charge is 2.36. The Morgan fingerprint density at radius 3 is 2.48 bits per heavy atom. The van der Waals surface area contributed by atoms with Gasteiger partial charge in [-0.1, -0.05) is 24.3 Å². The fraction of sp³-hybridized carbons (Fsp3) is 0.471. The maximum atomic E-state index is 12.6. The highest BCUT2D eigenvalue weighted by molar-refractivity contribution is 5.99. The van der Waals surface area contributed by atoms with Gasteiger partial charge in [0.2, 0.25) is 0 Å². The van der Waals surface area contributed by atoms with Crippen LogP contribution in [0.15, 0.2) is 30.3 Å². The van der Waals surface area contributed by atoms with Crippen LogP contribution in [0.5, 0.6) is 0 Å². The van der Waals surface area contributed by atoms with Crippen molar-refractivity contribution in [2.75, 3.05) is 4.90 Å². The van der Waals surface area contributed by atoms with Crippen LogP contribution in [-0.2, 0) is 4.84 Å². The molecule has 4 nitrogen and oxygen atoms in total. The van der Waals surface area contributed by atoms with Crippen LogP contribution >= 0.6 is 0 Å². The van der Waals surface area contributed by atoms with Gasteiger partial charge in [-0.15, -0.1) is 0 Å². The third kappa shape index (κ3) is 3.27. The van der Waals surface area contributed by atoms with E-state index in [4.69, 9.17) is 4.84 Å². The molecular weight excluding hydrogens is 264 g/mol. The third-order valence-corrected chi connectivity index (χ3v) is 3.36. The van der Waals surface area contributed by atoms with Gasteiger partial charge in [0.15, 0.2) is 0 Å². The first-order valence-corrected chi connectivity index (χ1v) is 7.19. The SMILES string of the molecule is CC1=CC(C)(C)N(C(=O)NOC(C)(C)C)c2ccccc21. The Labute approximate surface area is 126 Å². The Bertz CT molecular complexity index is 583. The molecule has 0 atom stereocenters. The van der Waals surface area contributed by atoms with Crippen LogP contribution in [0, 0.1) is 0 Å². The van der Waals surface area contributed by atoms with Gasteiger partial charge in [-0.2, -0.15) is 0 Å². The Kier molecular flexibility index (Phi) is 3.85. The number of fused-ring (bicyclic) bond motifs is 1. The molecule has 0 aromatic heterocycles. The van der Waals surface area contributed by atoms with Gasteiger partial charge in [0.1, 0.15) is 0 Å². The molecule has 0 radical (unpaired) electrons. The normalized spacial score (nSPS) is 17.0. The molecule has 1 aliphatic heterocycles. The first-order valence-electron chi connectivity index (χ1n) is 7.19. The Morgan fingerprint density at radius 2 is 1.86 bits per heavy atom. The zero-order valence-corrected chi connectivity index (χ0v) is 13.7. The van der Waals surface area contributed by atoms with Gasteiger partial charge in [0.05, 0.1) is 16.8 Å². The van der Waals surface area contributed by atoms with E-state index < -0.39 is 11.1 Å². The molecule has 0 saturated carbocycles. The molecule has 1 aromatic rings. The van der Waals surface area contributed by atoms with Gasteiger partial charge < -0.3 is 0 Å². The summed E-state index contributed by atoms with van der Waals surface area (Å²) in [6, 6.07) is 7.66. The van der Waals surface area contributed by atoms with Gasteiger partial charge >= 0.3 is 6.03 Å². The summed E-state index contributed by atoms with van der Waals surface area (Å²) in [6.45, 7) is 11.8. The maximum absolute atomic E-state index is 12.6. The highest BCUT2D eigenvalue weighted by atomic mass is 16.7. The molecule has 1 heterocycles. The first-order chi connectivity index (χ1) is 9.62. The summed E-state index contributed by atoms with van der Waals surface area (Å²) < 4.78 is 0. The predicted octanol–water partition coefficient (Wildman–Crippen LogP) is 4.13. The standard InChI is InChI=1S/C17H24N2O2/c1-12-11-17(5,6)19(14-10-8-7-9-13(12)14)15(20)18-21-16(2,3)4/h7-11H,1-6H3,(H,18,20). The van der Waals surface area contributed by atoms with Crippen LogP contribution in [0.3, 0.4) is 0 Å². The number of urea groups is 1. The number of nitrogens with zero attached hydrogens (tertiary/aromatic N) is 1. The summed E-state index contributed by atoms with van der Waals surface area (Å²) in [7, 11) is 0. The van der Waals surface area contributed by atoms with E-state index in [1.165, 1.54) is 5.57 Å². The summed E-state index contributed by atoms with van der Waals surface area (Å²) in [6.07, 6.45) is 2.10. The molecular formula is C17H24N2O2. The number of carbonyl (C=O) groups is 1. The predicted molar refractivity (Wildman–Crippen MR) is 86.0 cm³/mol. The van der Waals surface area contributed by atoms with Gasteiger partial charge in [-0.25, -0.2) is 10.3 Å². The topological polar surface area (TPSA) is 41.6 Å². The molecule has 1 N–H and O–H groups in total. The molecule has 1 aliphatic rings. The fourth-order valence-corrected chi connectivity index (χ4v) is 2.60. The highest BCUT2D eigenvalue weighted by Crippen LogP contribution is 2.38. The number of anilines is 1. The first kappa shape index (κ1) is 15.6. The quantitative estimate of drug-likeness (QED) is 0.789. The molecule has 114 valence electrons. The van der Waals surface area contributed by atoms with Crippen LogP contribution in [0.1, 0.15) is 47.1 Å². The van der Waals surface area contributed by atoms with Crippen molar-refractivity contribution in [3.8, 4) is 0 Å². The zero-order valence-electron chi connectivity index (χ0n) is 13.7. The van der Waals surface area contributed by atoms with Gasteiger partial charge in [-0.05, 0) is 53.2 Å². The van der Waals surface area contributed by atoms with Crippen molar-refractivity contribution < 1.29 is 9.63 Å². The zero-order chi connectivity index (χ0) is 15.8. The summed E-state index contributed by atoms with van der Waals surface area (Å²) in [4.78, 5) is 19.7. The number of hydrogen-bond donors (Lipinski definition) is 1. The minimum absolute atomic E-state index is 0.258. The van der Waals surface area contributed by atoms with E-state index in [1.807, 2.05) is 58.9 Å². The van der Waals surface area contributed by atoms with Crippen molar-refractivity contribution in [3.05, 3.63) is 35.9 Å².